The van der Waals surface area contributed by atoms with Crippen molar-refractivity contribution in [3.8, 4) is 11.3 Å². The number of benzene rings is 1. The first-order chi connectivity index (χ1) is 20.0. The van der Waals surface area contributed by atoms with Gasteiger partial charge in [0.25, 0.3) is 5.91 Å². The molecule has 0 aliphatic carbocycles. The van der Waals surface area contributed by atoms with Gasteiger partial charge in [-0.25, -0.2) is 4.98 Å². The van der Waals surface area contributed by atoms with Crippen molar-refractivity contribution in [1.82, 2.24) is 20.1 Å². The topological polar surface area (TPSA) is 125 Å². The molecule has 4 atom stereocenters. The first-order valence-electron chi connectivity index (χ1n) is 14.5. The summed E-state index contributed by atoms with van der Waals surface area (Å²) in [5.74, 6) is -0.981. The van der Waals surface area contributed by atoms with Crippen LogP contribution in [0.4, 0.5) is 5.13 Å². The van der Waals surface area contributed by atoms with Gasteiger partial charge >= 0.3 is 0 Å². The van der Waals surface area contributed by atoms with Crippen LogP contribution in [0, 0.1) is 5.41 Å². The molecule has 1 aromatic heterocycles. The Bertz CT molecular complexity index is 1270. The quantitative estimate of drug-likeness (QED) is 0.443. The number of methoxy groups -OCH3 is 1. The number of aliphatic hydroxyl groups excluding tert-OH is 1. The van der Waals surface area contributed by atoms with Crippen LogP contribution >= 0.6 is 11.3 Å². The lowest BCUT2D eigenvalue weighted by Gasteiger charge is -2.34. The van der Waals surface area contributed by atoms with E-state index in [1.54, 1.807) is 30.6 Å². The van der Waals surface area contributed by atoms with Crippen molar-refractivity contribution in [2.45, 2.75) is 51.5 Å². The van der Waals surface area contributed by atoms with Crippen molar-refractivity contribution in [2.24, 2.45) is 5.41 Å². The Labute approximate surface area is 250 Å². The zero-order valence-corrected chi connectivity index (χ0v) is 25.6. The zero-order chi connectivity index (χ0) is 30.0. The molecule has 5 rings (SSSR count). The third-order valence-electron chi connectivity index (χ3n) is 8.05. The second-order valence-corrected chi connectivity index (χ2v) is 13.3. The Morgan fingerprint density at radius 3 is 2.57 bits per heavy atom. The lowest BCUT2D eigenvalue weighted by Crippen LogP contribution is -2.53. The fraction of sp³-hybridized carbons (Fsp3) is 0.600. The van der Waals surface area contributed by atoms with Crippen molar-refractivity contribution >= 4 is 34.1 Å². The van der Waals surface area contributed by atoms with E-state index < -0.39 is 24.3 Å². The number of nitrogens with one attached hydrogen (secondary N) is 1. The minimum atomic E-state index is -0.930. The van der Waals surface area contributed by atoms with Gasteiger partial charge in [0.2, 0.25) is 5.91 Å². The minimum absolute atomic E-state index is 0.00421. The molecule has 12 heteroatoms. The smallest absolute Gasteiger partial charge is 0.251 e. The number of amides is 2. The number of nitrogens with zero attached hydrogens (tertiary/aromatic N) is 4. The zero-order valence-electron chi connectivity index (χ0n) is 24.7. The van der Waals surface area contributed by atoms with E-state index in [9.17, 15) is 19.5 Å². The van der Waals surface area contributed by atoms with E-state index in [2.05, 4.69) is 15.1 Å². The number of piperazine rings is 1. The molecule has 1 aromatic carbocycles. The molecule has 11 nitrogen and oxygen atoms in total. The molecule has 228 valence electrons. The average molecular weight is 600 g/mol. The van der Waals surface area contributed by atoms with Crippen molar-refractivity contribution in [2.75, 3.05) is 64.5 Å². The molecule has 3 aliphatic rings. The van der Waals surface area contributed by atoms with Gasteiger partial charge in [-0.15, -0.1) is 11.3 Å². The number of hydrogen-bond donors (Lipinski definition) is 2. The standard InChI is InChI=1S/C30H41N5O6S/c1-30(2,3)15-21(28(39)35-16-23(36)26-25(35)24(37)17-41-26)31-27(38)20-7-5-19(6-8-20)22-18-42-29(32-22)34-11-9-33(10-12-34)13-14-40-4/h5-8,18,21,23,25-26,36H,9-17H2,1-4H3,(H,31,38)/t21-,23-,25+,26-/m0/s1. The van der Waals surface area contributed by atoms with Gasteiger partial charge in [-0.2, -0.15) is 0 Å². The van der Waals surface area contributed by atoms with Crippen molar-refractivity contribution in [3.05, 3.63) is 35.2 Å². The number of ether oxygens (including phenoxy) is 2. The largest absolute Gasteiger partial charge is 0.388 e. The summed E-state index contributed by atoms with van der Waals surface area (Å²) < 4.78 is 10.6. The van der Waals surface area contributed by atoms with E-state index in [-0.39, 0.29) is 36.2 Å². The number of ketones is 1. The summed E-state index contributed by atoms with van der Waals surface area (Å²) >= 11 is 1.62. The van der Waals surface area contributed by atoms with Crippen LogP contribution in [0.1, 0.15) is 37.6 Å². The first kappa shape index (κ1) is 30.6. The molecule has 4 heterocycles. The predicted octanol–water partition coefficient (Wildman–Crippen LogP) is 1.65. The van der Waals surface area contributed by atoms with Gasteiger partial charge in [0.05, 0.1) is 18.8 Å². The Morgan fingerprint density at radius 2 is 1.90 bits per heavy atom. The van der Waals surface area contributed by atoms with Crippen LogP contribution in [0.15, 0.2) is 29.6 Å². The summed E-state index contributed by atoms with van der Waals surface area (Å²) in [6.07, 6.45) is -1.27. The number of aliphatic hydroxyl groups is 1. The van der Waals surface area contributed by atoms with Gasteiger partial charge < -0.3 is 29.7 Å². The Balaban J connectivity index is 1.23. The monoisotopic (exact) mass is 599 g/mol. The molecule has 2 amide bonds. The minimum Gasteiger partial charge on any atom is -0.388 e. The number of β-amino-alcohol motifs (C(OH)–C–C–N with tert-alkyl or cyclic N) is 1. The van der Waals surface area contributed by atoms with Crippen LogP contribution < -0.4 is 10.2 Å². The third-order valence-corrected chi connectivity index (χ3v) is 8.95. The average Bonchev–Trinajstić information content (AvgIpc) is 3.69. The fourth-order valence-corrected chi connectivity index (χ4v) is 6.72. The summed E-state index contributed by atoms with van der Waals surface area (Å²) in [6, 6.07) is 5.54. The molecule has 2 N–H and O–H groups in total. The van der Waals surface area contributed by atoms with E-state index in [0.29, 0.717) is 12.0 Å². The second-order valence-electron chi connectivity index (χ2n) is 12.4. The molecule has 0 saturated carbocycles. The molecule has 3 saturated heterocycles. The molecule has 0 radical (unpaired) electrons. The number of thiazole rings is 1. The number of rotatable bonds is 9. The van der Waals surface area contributed by atoms with Gasteiger partial charge in [0, 0.05) is 56.3 Å². The van der Waals surface area contributed by atoms with Gasteiger partial charge in [-0.3, -0.25) is 19.3 Å². The Hall–Kier alpha value is -2.90. The predicted molar refractivity (Wildman–Crippen MR) is 160 cm³/mol. The van der Waals surface area contributed by atoms with E-state index >= 15 is 0 Å². The van der Waals surface area contributed by atoms with Crippen molar-refractivity contribution in [1.29, 1.82) is 0 Å². The van der Waals surface area contributed by atoms with E-state index in [0.717, 1.165) is 55.7 Å². The number of hydrogen-bond acceptors (Lipinski definition) is 10. The lowest BCUT2D eigenvalue weighted by molar-refractivity contribution is -0.138. The van der Waals surface area contributed by atoms with E-state index in [1.165, 1.54) is 4.90 Å². The molecule has 42 heavy (non-hydrogen) atoms. The van der Waals surface area contributed by atoms with Gasteiger partial charge in [-0.05, 0) is 24.0 Å². The number of Topliss-reactive ketones (excluding diaryl/α,β-unsaturated/α-hetero) is 1. The summed E-state index contributed by atoms with van der Waals surface area (Å²) in [5, 5.41) is 16.3. The third kappa shape index (κ3) is 6.84. The first-order valence-corrected chi connectivity index (χ1v) is 15.4. The van der Waals surface area contributed by atoms with Crippen LogP contribution in [-0.4, -0.2) is 121 Å². The number of carbonyl (C=O) groups excluding carboxylic acids is 3. The van der Waals surface area contributed by atoms with E-state index in [1.807, 2.05) is 38.3 Å². The van der Waals surface area contributed by atoms with Gasteiger partial charge in [0.1, 0.15) is 30.9 Å². The molecule has 0 bridgehead atoms. The highest BCUT2D eigenvalue weighted by atomic mass is 32.1. The summed E-state index contributed by atoms with van der Waals surface area (Å²) in [4.78, 5) is 50.3. The SMILES string of the molecule is COCCN1CCN(c2nc(-c3ccc(C(=O)N[C@@H](CC(C)(C)C)C(=O)N4C[C@H](O)[C@@H]5OCC(=O)[C@H]54)cc3)cs2)CC1. The van der Waals surface area contributed by atoms with Gasteiger partial charge in [-0.1, -0.05) is 32.9 Å². The van der Waals surface area contributed by atoms with Crippen LogP contribution in [0.2, 0.25) is 0 Å². The lowest BCUT2D eigenvalue weighted by atomic mass is 9.87. The van der Waals surface area contributed by atoms with Gasteiger partial charge in [0.15, 0.2) is 10.9 Å². The fourth-order valence-electron chi connectivity index (χ4n) is 5.83. The number of aromatic nitrogens is 1. The van der Waals surface area contributed by atoms with Crippen molar-refractivity contribution in [3.63, 3.8) is 0 Å². The van der Waals surface area contributed by atoms with Crippen LogP contribution in [0.3, 0.4) is 0 Å². The number of carbonyl (C=O) groups is 3. The molecule has 0 unspecified atom stereocenters. The number of likely N-dealkylation sites (tertiary alicyclic amines) is 1. The molecular weight excluding hydrogens is 558 g/mol. The van der Waals surface area contributed by atoms with Crippen LogP contribution in [0.25, 0.3) is 11.3 Å². The van der Waals surface area contributed by atoms with Crippen LogP contribution in [-0.2, 0) is 19.1 Å². The molecule has 2 aromatic rings. The highest BCUT2D eigenvalue weighted by molar-refractivity contribution is 7.14. The highest BCUT2D eigenvalue weighted by Crippen LogP contribution is 2.31. The second kappa shape index (κ2) is 12.8. The molecule has 3 aliphatic heterocycles. The number of fused-ring (bicyclic) bond motifs is 1. The molecule has 0 spiro atoms. The van der Waals surface area contributed by atoms with Crippen LogP contribution in [0.5, 0.6) is 0 Å². The summed E-state index contributed by atoms with van der Waals surface area (Å²) in [7, 11) is 1.73. The normalized spacial score (nSPS) is 23.7. The van der Waals surface area contributed by atoms with E-state index in [4.69, 9.17) is 14.5 Å². The Morgan fingerprint density at radius 1 is 1.19 bits per heavy atom. The highest BCUT2D eigenvalue weighted by Gasteiger charge is 2.53. The summed E-state index contributed by atoms with van der Waals surface area (Å²) in [6.45, 7) is 11.3. The Kier molecular flexibility index (Phi) is 9.28. The maximum absolute atomic E-state index is 13.6. The van der Waals surface area contributed by atoms with Crippen molar-refractivity contribution < 1.29 is 29.0 Å². The number of anilines is 1. The maximum Gasteiger partial charge on any atom is 0.251 e. The molecular formula is C30H41N5O6S. The maximum atomic E-state index is 13.6. The molecule has 3 fully saturated rings. The summed E-state index contributed by atoms with van der Waals surface area (Å²) in [5.41, 5.74) is 1.92.